The van der Waals surface area contributed by atoms with Gasteiger partial charge in [0, 0.05) is 11.3 Å². The van der Waals surface area contributed by atoms with Crippen molar-refractivity contribution in [1.29, 1.82) is 0 Å². The Morgan fingerprint density at radius 2 is 2.00 bits per heavy atom. The van der Waals surface area contributed by atoms with Crippen LogP contribution in [0.1, 0.15) is 15.9 Å². The smallest absolute Gasteiger partial charge is 0.258 e. The fourth-order valence-electron chi connectivity index (χ4n) is 2.01. The molecule has 0 saturated carbocycles. The van der Waals surface area contributed by atoms with E-state index in [-0.39, 0.29) is 5.91 Å². The summed E-state index contributed by atoms with van der Waals surface area (Å²) < 4.78 is 0. The Morgan fingerprint density at radius 1 is 1.12 bits per heavy atom. The standard InChI is InChI=1S/C14H10NO/c16-14-13-9-5-4-6-11(13)10-15(14)12-7-2-1-3-8-12/h1-2,4-9H,10H2. The van der Waals surface area contributed by atoms with Crippen molar-refractivity contribution in [3.8, 4) is 0 Å². The predicted molar refractivity (Wildman–Crippen MR) is 62.2 cm³/mol. The molecule has 0 atom stereocenters. The minimum Gasteiger partial charge on any atom is -0.304 e. The molecule has 1 heterocycles. The van der Waals surface area contributed by atoms with Crippen molar-refractivity contribution in [3.05, 3.63) is 65.7 Å². The number of hydrogen-bond donors (Lipinski definition) is 0. The second-order valence-electron chi connectivity index (χ2n) is 3.81. The van der Waals surface area contributed by atoms with Gasteiger partial charge in [-0.25, -0.2) is 0 Å². The summed E-state index contributed by atoms with van der Waals surface area (Å²) >= 11 is 0. The lowest BCUT2D eigenvalue weighted by Crippen LogP contribution is -2.22. The van der Waals surface area contributed by atoms with Crippen molar-refractivity contribution in [2.24, 2.45) is 0 Å². The molecular formula is C14H10NO. The minimum atomic E-state index is 0.0789. The molecule has 3 rings (SSSR count). The molecule has 0 saturated heterocycles. The molecule has 2 aromatic carbocycles. The van der Waals surface area contributed by atoms with Crippen LogP contribution in [0.3, 0.4) is 0 Å². The lowest BCUT2D eigenvalue weighted by molar-refractivity contribution is 0.0996. The largest absolute Gasteiger partial charge is 0.304 e. The molecule has 1 amide bonds. The number of amides is 1. The number of rotatable bonds is 1. The highest BCUT2D eigenvalue weighted by Gasteiger charge is 2.27. The molecule has 0 aliphatic carbocycles. The first-order valence-electron chi connectivity index (χ1n) is 5.22. The summed E-state index contributed by atoms with van der Waals surface area (Å²) in [5.74, 6) is 0.0789. The van der Waals surface area contributed by atoms with Gasteiger partial charge in [0.2, 0.25) is 0 Å². The van der Waals surface area contributed by atoms with Crippen molar-refractivity contribution >= 4 is 11.6 Å². The van der Waals surface area contributed by atoms with Crippen LogP contribution in [0.15, 0.2) is 48.5 Å². The van der Waals surface area contributed by atoms with Gasteiger partial charge >= 0.3 is 0 Å². The van der Waals surface area contributed by atoms with Crippen LogP contribution in [0.5, 0.6) is 0 Å². The Hall–Kier alpha value is -2.09. The van der Waals surface area contributed by atoms with Crippen molar-refractivity contribution in [2.75, 3.05) is 4.90 Å². The molecule has 2 nitrogen and oxygen atoms in total. The zero-order chi connectivity index (χ0) is 11.0. The van der Waals surface area contributed by atoms with Crippen molar-refractivity contribution in [3.63, 3.8) is 0 Å². The van der Waals surface area contributed by atoms with Gasteiger partial charge in [-0.15, -0.1) is 0 Å². The third-order valence-corrected chi connectivity index (χ3v) is 2.82. The van der Waals surface area contributed by atoms with Crippen LogP contribution >= 0.6 is 0 Å². The number of benzene rings is 2. The van der Waals surface area contributed by atoms with E-state index in [4.69, 9.17) is 0 Å². The zero-order valence-electron chi connectivity index (χ0n) is 8.68. The van der Waals surface area contributed by atoms with E-state index < -0.39 is 0 Å². The fraction of sp³-hybridized carbons (Fsp3) is 0.0714. The Morgan fingerprint density at radius 3 is 2.75 bits per heavy atom. The first kappa shape index (κ1) is 9.16. The molecule has 0 fully saturated rings. The van der Waals surface area contributed by atoms with Crippen LogP contribution in [0.2, 0.25) is 0 Å². The number of fused-ring (bicyclic) bond motifs is 1. The average Bonchev–Trinajstić information content (AvgIpc) is 2.69. The molecule has 2 heteroatoms. The van der Waals surface area contributed by atoms with Crippen molar-refractivity contribution in [2.45, 2.75) is 6.54 Å². The molecule has 1 aliphatic rings. The lowest BCUT2D eigenvalue weighted by atomic mass is 10.1. The molecule has 16 heavy (non-hydrogen) atoms. The topological polar surface area (TPSA) is 20.3 Å². The number of carbonyl (C=O) groups excluding carboxylic acids is 1. The van der Waals surface area contributed by atoms with E-state index in [0.717, 1.165) is 16.8 Å². The molecule has 2 aromatic rings. The summed E-state index contributed by atoms with van der Waals surface area (Å²) in [6, 6.07) is 18.2. The fourth-order valence-corrected chi connectivity index (χ4v) is 2.01. The summed E-state index contributed by atoms with van der Waals surface area (Å²) in [5, 5.41) is 0. The van der Waals surface area contributed by atoms with Gasteiger partial charge in [0.05, 0.1) is 6.54 Å². The second kappa shape index (κ2) is 3.49. The summed E-state index contributed by atoms with van der Waals surface area (Å²) in [7, 11) is 0. The highest BCUT2D eigenvalue weighted by Crippen LogP contribution is 2.27. The van der Waals surface area contributed by atoms with E-state index in [0.29, 0.717) is 6.54 Å². The monoisotopic (exact) mass is 208 g/mol. The average molecular weight is 208 g/mol. The number of hydrogen-bond acceptors (Lipinski definition) is 1. The quantitative estimate of drug-likeness (QED) is 0.705. The second-order valence-corrected chi connectivity index (χ2v) is 3.81. The number of anilines is 1. The van der Waals surface area contributed by atoms with Gasteiger partial charge in [0.25, 0.3) is 5.91 Å². The van der Waals surface area contributed by atoms with E-state index in [1.165, 1.54) is 0 Å². The Balaban J connectivity index is 2.02. The summed E-state index contributed by atoms with van der Waals surface area (Å²) in [5.41, 5.74) is 2.81. The number of carbonyl (C=O) groups is 1. The van der Waals surface area contributed by atoms with Gasteiger partial charge in [-0.1, -0.05) is 30.3 Å². The van der Waals surface area contributed by atoms with Crippen LogP contribution in [0, 0.1) is 6.07 Å². The normalized spacial score (nSPS) is 14.0. The van der Waals surface area contributed by atoms with Gasteiger partial charge in [-0.3, -0.25) is 4.79 Å². The van der Waals surface area contributed by atoms with Gasteiger partial charge in [-0.05, 0) is 29.8 Å². The summed E-state index contributed by atoms with van der Waals surface area (Å²) in [6.45, 7) is 0.660. The predicted octanol–water partition coefficient (Wildman–Crippen LogP) is 2.65. The highest BCUT2D eigenvalue weighted by molar-refractivity contribution is 6.09. The van der Waals surface area contributed by atoms with E-state index in [1.807, 2.05) is 48.5 Å². The summed E-state index contributed by atoms with van der Waals surface area (Å²) in [4.78, 5) is 13.9. The molecule has 0 unspecified atom stereocenters. The SMILES string of the molecule is O=C1c2ccccc2CN1c1c[c]ccc1. The Kier molecular flexibility index (Phi) is 2.00. The molecule has 0 N–H and O–H groups in total. The van der Waals surface area contributed by atoms with Crippen LogP contribution in [0.4, 0.5) is 5.69 Å². The van der Waals surface area contributed by atoms with E-state index in [2.05, 4.69) is 6.07 Å². The molecule has 0 bridgehead atoms. The van der Waals surface area contributed by atoms with Crippen LogP contribution in [-0.4, -0.2) is 5.91 Å². The van der Waals surface area contributed by atoms with Crippen LogP contribution in [0.25, 0.3) is 0 Å². The minimum absolute atomic E-state index is 0.0789. The van der Waals surface area contributed by atoms with Crippen molar-refractivity contribution in [1.82, 2.24) is 0 Å². The number of nitrogens with zero attached hydrogens (tertiary/aromatic N) is 1. The maximum Gasteiger partial charge on any atom is 0.258 e. The molecule has 1 aliphatic heterocycles. The van der Waals surface area contributed by atoms with Gasteiger partial charge < -0.3 is 4.90 Å². The van der Waals surface area contributed by atoms with E-state index in [9.17, 15) is 4.79 Å². The maximum absolute atomic E-state index is 12.1. The van der Waals surface area contributed by atoms with Gasteiger partial charge in [-0.2, -0.15) is 0 Å². The van der Waals surface area contributed by atoms with Gasteiger partial charge in [0.1, 0.15) is 0 Å². The van der Waals surface area contributed by atoms with E-state index >= 15 is 0 Å². The Bertz CT molecular complexity index is 533. The van der Waals surface area contributed by atoms with Crippen molar-refractivity contribution < 1.29 is 4.79 Å². The van der Waals surface area contributed by atoms with E-state index in [1.54, 1.807) is 4.90 Å². The third kappa shape index (κ3) is 1.31. The lowest BCUT2D eigenvalue weighted by Gasteiger charge is -2.14. The van der Waals surface area contributed by atoms with Gasteiger partial charge in [0.15, 0.2) is 0 Å². The first-order valence-corrected chi connectivity index (χ1v) is 5.22. The Labute approximate surface area is 94.1 Å². The molecule has 77 valence electrons. The third-order valence-electron chi connectivity index (χ3n) is 2.82. The zero-order valence-corrected chi connectivity index (χ0v) is 8.68. The first-order chi connectivity index (χ1) is 7.86. The molecule has 0 spiro atoms. The maximum atomic E-state index is 12.1. The van der Waals surface area contributed by atoms with Crippen LogP contribution < -0.4 is 4.90 Å². The summed E-state index contributed by atoms with van der Waals surface area (Å²) in [6.07, 6.45) is 0. The van der Waals surface area contributed by atoms with Crippen LogP contribution in [-0.2, 0) is 6.54 Å². The highest BCUT2D eigenvalue weighted by atomic mass is 16.2. The molecular weight excluding hydrogens is 198 g/mol. The molecule has 0 aromatic heterocycles. The molecule has 1 radical (unpaired) electrons.